The van der Waals surface area contributed by atoms with Gasteiger partial charge in [0.15, 0.2) is 9.84 Å². The molecule has 1 aliphatic rings. The molecule has 0 N–H and O–H groups in total. The molecule has 1 saturated carbocycles. The van der Waals surface area contributed by atoms with Crippen LogP contribution in [0.4, 0.5) is 0 Å². The summed E-state index contributed by atoms with van der Waals surface area (Å²) in [5.41, 5.74) is 0.948. The minimum Gasteiger partial charge on any atom is -0.268 e. The molecule has 0 aliphatic heterocycles. The van der Waals surface area contributed by atoms with Gasteiger partial charge in [-0.2, -0.15) is 0 Å². The Kier molecular flexibility index (Phi) is 5.18. The van der Waals surface area contributed by atoms with E-state index >= 15 is 0 Å². The molecule has 1 aromatic heterocycles. The van der Waals surface area contributed by atoms with Crippen LogP contribution in [-0.4, -0.2) is 31.2 Å². The molecule has 0 radical (unpaired) electrons. The van der Waals surface area contributed by atoms with E-state index in [1.54, 1.807) is 24.4 Å². The van der Waals surface area contributed by atoms with Crippen LogP contribution in [0.15, 0.2) is 58.5 Å². The molecule has 0 amide bonds. The van der Waals surface area contributed by atoms with Crippen molar-refractivity contribution in [2.75, 3.05) is 6.26 Å². The Labute approximate surface area is 148 Å². The van der Waals surface area contributed by atoms with Crippen LogP contribution in [0.5, 0.6) is 0 Å². The maximum atomic E-state index is 12.9. The van der Waals surface area contributed by atoms with Crippen LogP contribution >= 0.6 is 0 Å². The number of benzene rings is 1. The summed E-state index contributed by atoms with van der Waals surface area (Å²) in [7, 11) is -3.36. The average molecular weight is 358 g/mol. The summed E-state index contributed by atoms with van der Waals surface area (Å²) < 4.78 is 25.0. The molecule has 132 valence electrons. The number of carbonyl (C=O) groups excluding carboxylic acids is 1. The summed E-state index contributed by atoms with van der Waals surface area (Å²) in [4.78, 5) is 17.8. The lowest BCUT2D eigenvalue weighted by atomic mass is 9.96. The topological polar surface area (TPSA) is 68.5 Å². The molecule has 6 heteroatoms. The molecule has 0 bridgehead atoms. The number of nitrogens with zero attached hydrogens (tertiary/aromatic N) is 2. The number of pyridine rings is 1. The smallest absolute Gasteiger partial charge is 0.263 e. The lowest BCUT2D eigenvalue weighted by Gasteiger charge is -2.17. The molecule has 1 heterocycles. The molecule has 2 aromatic rings. The largest absolute Gasteiger partial charge is 0.268 e. The van der Waals surface area contributed by atoms with E-state index in [-0.39, 0.29) is 16.8 Å². The second kappa shape index (κ2) is 7.35. The second-order valence-electron chi connectivity index (χ2n) is 6.45. The molecule has 3 rings (SSSR count). The summed E-state index contributed by atoms with van der Waals surface area (Å²) in [5.74, 6) is -0.277. The first-order chi connectivity index (χ1) is 11.9. The van der Waals surface area contributed by atoms with Gasteiger partial charge in [-0.3, -0.25) is 14.4 Å². The number of sulfone groups is 1. The van der Waals surface area contributed by atoms with Gasteiger partial charge in [0.1, 0.15) is 5.49 Å². The lowest BCUT2D eigenvalue weighted by Crippen LogP contribution is -2.29. The predicted molar refractivity (Wildman–Crippen MR) is 96.1 cm³/mol. The third kappa shape index (κ3) is 4.25. The van der Waals surface area contributed by atoms with Gasteiger partial charge < -0.3 is 0 Å². The average Bonchev–Trinajstić information content (AvgIpc) is 2.62. The number of carbonyl (C=O) groups is 1. The first-order valence-corrected chi connectivity index (χ1v) is 10.4. The highest BCUT2D eigenvalue weighted by Crippen LogP contribution is 2.19. The monoisotopic (exact) mass is 358 g/mol. The highest BCUT2D eigenvalue weighted by molar-refractivity contribution is 7.90. The van der Waals surface area contributed by atoms with Crippen LogP contribution in [0, 0.1) is 0 Å². The van der Waals surface area contributed by atoms with Crippen LogP contribution in [0.25, 0.3) is 0 Å². The Hall–Kier alpha value is -2.21. The number of rotatable bonds is 3. The van der Waals surface area contributed by atoms with Gasteiger partial charge in [-0.15, -0.1) is 0 Å². The summed E-state index contributed by atoms with van der Waals surface area (Å²) in [5, 5.41) is 0. The maximum absolute atomic E-state index is 12.9. The van der Waals surface area contributed by atoms with Crippen molar-refractivity contribution in [1.29, 1.82) is 0 Å². The fourth-order valence-electron chi connectivity index (χ4n) is 3.11. The maximum Gasteiger partial charge on any atom is 0.263 e. The van der Waals surface area contributed by atoms with Gasteiger partial charge in [0, 0.05) is 18.0 Å². The number of hydrogen-bond acceptors (Lipinski definition) is 4. The van der Waals surface area contributed by atoms with E-state index in [0.717, 1.165) is 19.1 Å². The van der Waals surface area contributed by atoms with Crippen LogP contribution < -0.4 is 5.49 Å². The van der Waals surface area contributed by atoms with E-state index < -0.39 is 9.84 Å². The van der Waals surface area contributed by atoms with Gasteiger partial charge in [-0.05, 0) is 43.2 Å². The Morgan fingerprint density at radius 2 is 1.84 bits per heavy atom. The first-order valence-electron chi connectivity index (χ1n) is 8.51. The van der Waals surface area contributed by atoms with Crippen molar-refractivity contribution in [2.24, 2.45) is 4.99 Å². The van der Waals surface area contributed by atoms with Crippen LogP contribution in [-0.2, 0) is 9.84 Å². The standard InChI is InChI=1S/C19H22N2O3S/c1-25(23,24)17-11-7-8-15(14-17)19(22)21-13-6-5-12-18(21)20-16-9-3-2-4-10-16/h5-8,11-14,16H,2-4,9-10H2,1H3. The zero-order valence-electron chi connectivity index (χ0n) is 14.3. The summed E-state index contributed by atoms with van der Waals surface area (Å²) in [6.07, 6.45) is 8.50. The molecule has 0 spiro atoms. The molecule has 0 saturated heterocycles. The van der Waals surface area contributed by atoms with E-state index in [2.05, 4.69) is 0 Å². The Morgan fingerprint density at radius 3 is 2.56 bits per heavy atom. The molecule has 1 aliphatic carbocycles. The van der Waals surface area contributed by atoms with Gasteiger partial charge in [0.25, 0.3) is 5.91 Å². The van der Waals surface area contributed by atoms with Crippen molar-refractivity contribution in [3.63, 3.8) is 0 Å². The molecule has 0 atom stereocenters. The zero-order valence-corrected chi connectivity index (χ0v) is 15.1. The summed E-state index contributed by atoms with van der Waals surface area (Å²) in [6, 6.07) is 11.8. The number of hydrogen-bond donors (Lipinski definition) is 0. The Balaban J connectivity index is 2.00. The Morgan fingerprint density at radius 1 is 1.08 bits per heavy atom. The van der Waals surface area contributed by atoms with Crippen molar-refractivity contribution in [3.8, 4) is 0 Å². The van der Waals surface area contributed by atoms with E-state index in [9.17, 15) is 13.2 Å². The van der Waals surface area contributed by atoms with E-state index in [4.69, 9.17) is 4.99 Å². The predicted octanol–water partition coefficient (Wildman–Crippen LogP) is 2.81. The van der Waals surface area contributed by atoms with Crippen LogP contribution in [0.3, 0.4) is 0 Å². The van der Waals surface area contributed by atoms with E-state index in [1.807, 2.05) is 12.1 Å². The van der Waals surface area contributed by atoms with E-state index in [0.29, 0.717) is 11.1 Å². The Bertz CT molecular complexity index is 939. The van der Waals surface area contributed by atoms with Crippen molar-refractivity contribution in [1.82, 2.24) is 4.57 Å². The van der Waals surface area contributed by atoms with Crippen LogP contribution in [0.1, 0.15) is 42.5 Å². The number of aromatic nitrogens is 1. The SMILES string of the molecule is CS(=O)(=O)c1cccc(C(=O)n2ccccc2=NC2CCCCC2)c1. The molecule has 0 unspecified atom stereocenters. The lowest BCUT2D eigenvalue weighted by molar-refractivity contribution is 0.0954. The van der Waals surface area contributed by atoms with Crippen molar-refractivity contribution >= 4 is 15.7 Å². The molecular weight excluding hydrogens is 336 g/mol. The highest BCUT2D eigenvalue weighted by Gasteiger charge is 2.15. The van der Waals surface area contributed by atoms with Gasteiger partial charge in [0.05, 0.1) is 10.9 Å². The van der Waals surface area contributed by atoms with Gasteiger partial charge in [-0.1, -0.05) is 31.4 Å². The first kappa shape index (κ1) is 17.6. The minimum absolute atomic E-state index is 0.139. The molecule has 1 aromatic carbocycles. The van der Waals surface area contributed by atoms with Crippen LogP contribution in [0.2, 0.25) is 0 Å². The second-order valence-corrected chi connectivity index (χ2v) is 8.47. The summed E-state index contributed by atoms with van der Waals surface area (Å²) in [6.45, 7) is 0. The molecule has 25 heavy (non-hydrogen) atoms. The minimum atomic E-state index is -3.36. The summed E-state index contributed by atoms with van der Waals surface area (Å²) >= 11 is 0. The van der Waals surface area contributed by atoms with Gasteiger partial charge in [-0.25, -0.2) is 8.42 Å². The van der Waals surface area contributed by atoms with Crippen molar-refractivity contribution in [3.05, 3.63) is 59.7 Å². The molecule has 1 fully saturated rings. The third-order valence-electron chi connectivity index (χ3n) is 4.46. The van der Waals surface area contributed by atoms with Gasteiger partial charge >= 0.3 is 0 Å². The molecule has 5 nitrogen and oxygen atoms in total. The van der Waals surface area contributed by atoms with E-state index in [1.165, 1.54) is 36.0 Å². The fraction of sp³-hybridized carbons (Fsp3) is 0.368. The van der Waals surface area contributed by atoms with Gasteiger partial charge in [0.2, 0.25) is 0 Å². The zero-order chi connectivity index (χ0) is 17.9. The third-order valence-corrected chi connectivity index (χ3v) is 5.57. The fourth-order valence-corrected chi connectivity index (χ4v) is 3.77. The quantitative estimate of drug-likeness (QED) is 0.847. The molecular formula is C19H22N2O3S. The van der Waals surface area contributed by atoms with Crippen molar-refractivity contribution < 1.29 is 13.2 Å². The normalized spacial score (nSPS) is 16.8. The van der Waals surface area contributed by atoms with Crippen molar-refractivity contribution in [2.45, 2.75) is 43.0 Å². The highest BCUT2D eigenvalue weighted by atomic mass is 32.2.